The molecule has 20 heavy (non-hydrogen) atoms. The number of hydrogen-bond acceptors (Lipinski definition) is 2. The number of rotatable bonds is 4. The van der Waals surface area contributed by atoms with Gasteiger partial charge in [0.05, 0.1) is 7.11 Å². The zero-order chi connectivity index (χ0) is 14.0. The van der Waals surface area contributed by atoms with Crippen LogP contribution in [0.3, 0.4) is 0 Å². The molecule has 1 saturated carbocycles. The van der Waals surface area contributed by atoms with Gasteiger partial charge in [0.15, 0.2) is 0 Å². The van der Waals surface area contributed by atoms with Crippen LogP contribution in [0, 0.1) is 5.41 Å². The maximum absolute atomic E-state index is 5.40. The Kier molecular flexibility index (Phi) is 4.02. The van der Waals surface area contributed by atoms with E-state index in [1.807, 2.05) is 0 Å². The Hall–Kier alpha value is -1.02. The van der Waals surface area contributed by atoms with Gasteiger partial charge in [-0.2, -0.15) is 0 Å². The van der Waals surface area contributed by atoms with Gasteiger partial charge in [0.2, 0.25) is 0 Å². The van der Waals surface area contributed by atoms with E-state index >= 15 is 0 Å². The number of hydrogen-bond donors (Lipinski definition) is 1. The number of ether oxygens (including phenoxy) is 1. The van der Waals surface area contributed by atoms with Crippen LogP contribution in [0.25, 0.3) is 0 Å². The summed E-state index contributed by atoms with van der Waals surface area (Å²) in [6, 6.07) is 7.10. The van der Waals surface area contributed by atoms with Crippen LogP contribution >= 0.6 is 0 Å². The summed E-state index contributed by atoms with van der Waals surface area (Å²) in [6.45, 7) is 3.61. The molecule has 1 N–H and O–H groups in total. The van der Waals surface area contributed by atoms with Crippen LogP contribution in [0.15, 0.2) is 18.2 Å². The highest BCUT2D eigenvalue weighted by molar-refractivity contribution is 5.39. The van der Waals surface area contributed by atoms with Crippen molar-refractivity contribution in [3.63, 3.8) is 0 Å². The van der Waals surface area contributed by atoms with E-state index in [4.69, 9.17) is 4.74 Å². The summed E-state index contributed by atoms with van der Waals surface area (Å²) in [5, 5.41) is 3.86. The molecule has 1 atom stereocenters. The molecule has 1 aromatic rings. The van der Waals surface area contributed by atoms with Crippen molar-refractivity contribution in [2.75, 3.05) is 13.7 Å². The SMILES string of the molecule is COc1ccc2c(c1)C(NCC1(C)CCCC1)CCC2. The number of fused-ring (bicyclic) bond motifs is 1. The van der Waals surface area contributed by atoms with Crippen molar-refractivity contribution in [1.29, 1.82) is 0 Å². The highest BCUT2D eigenvalue weighted by Gasteiger charge is 2.30. The molecule has 2 nitrogen and oxygen atoms in total. The fourth-order valence-corrected chi connectivity index (χ4v) is 3.89. The van der Waals surface area contributed by atoms with Crippen LogP contribution in [0.4, 0.5) is 0 Å². The lowest BCUT2D eigenvalue weighted by atomic mass is 9.85. The fraction of sp³-hybridized carbons (Fsp3) is 0.667. The lowest BCUT2D eigenvalue weighted by Gasteiger charge is -2.31. The number of benzene rings is 1. The Bertz CT molecular complexity index is 462. The lowest BCUT2D eigenvalue weighted by Crippen LogP contribution is -2.34. The van der Waals surface area contributed by atoms with E-state index in [-0.39, 0.29) is 0 Å². The van der Waals surface area contributed by atoms with Crippen molar-refractivity contribution in [1.82, 2.24) is 5.32 Å². The molecule has 2 aliphatic rings. The van der Waals surface area contributed by atoms with Crippen molar-refractivity contribution in [3.05, 3.63) is 29.3 Å². The molecule has 0 heterocycles. The van der Waals surface area contributed by atoms with E-state index in [1.54, 1.807) is 7.11 Å². The molecule has 0 amide bonds. The molecule has 0 aliphatic heterocycles. The predicted molar refractivity (Wildman–Crippen MR) is 83.3 cm³/mol. The average molecular weight is 273 g/mol. The van der Waals surface area contributed by atoms with Gasteiger partial charge in [-0.3, -0.25) is 0 Å². The normalized spacial score (nSPS) is 24.4. The van der Waals surface area contributed by atoms with Crippen LogP contribution in [-0.4, -0.2) is 13.7 Å². The molecule has 0 spiro atoms. The first-order valence-corrected chi connectivity index (χ1v) is 8.10. The summed E-state index contributed by atoms with van der Waals surface area (Å²) in [5.41, 5.74) is 3.50. The third-order valence-corrected chi connectivity index (χ3v) is 5.25. The largest absolute Gasteiger partial charge is 0.497 e. The smallest absolute Gasteiger partial charge is 0.119 e. The summed E-state index contributed by atoms with van der Waals surface area (Å²) in [4.78, 5) is 0. The minimum absolute atomic E-state index is 0.520. The van der Waals surface area contributed by atoms with E-state index in [0.717, 1.165) is 12.3 Å². The van der Waals surface area contributed by atoms with Crippen molar-refractivity contribution >= 4 is 0 Å². The van der Waals surface area contributed by atoms with Gasteiger partial charge in [-0.25, -0.2) is 0 Å². The third-order valence-electron chi connectivity index (χ3n) is 5.25. The van der Waals surface area contributed by atoms with E-state index in [2.05, 4.69) is 30.4 Å². The molecule has 3 rings (SSSR count). The molecule has 0 aromatic heterocycles. The van der Waals surface area contributed by atoms with Crippen LogP contribution < -0.4 is 10.1 Å². The van der Waals surface area contributed by atoms with E-state index in [0.29, 0.717) is 11.5 Å². The average Bonchev–Trinajstić information content (AvgIpc) is 2.91. The molecule has 2 aliphatic carbocycles. The Morgan fingerprint density at radius 1 is 1.25 bits per heavy atom. The van der Waals surface area contributed by atoms with Gasteiger partial charge in [0.25, 0.3) is 0 Å². The standard InChI is InChI=1S/C18H27NO/c1-18(10-3-4-11-18)13-19-17-7-5-6-14-8-9-15(20-2)12-16(14)17/h8-9,12,17,19H,3-7,10-11,13H2,1-2H3. The summed E-state index contributed by atoms with van der Waals surface area (Å²) < 4.78 is 5.40. The Morgan fingerprint density at radius 3 is 2.80 bits per heavy atom. The predicted octanol–water partition coefficient (Wildman–Crippen LogP) is 4.24. The molecule has 1 fully saturated rings. The van der Waals surface area contributed by atoms with Crippen LogP contribution in [0.2, 0.25) is 0 Å². The second kappa shape index (κ2) is 5.77. The maximum atomic E-state index is 5.40. The molecule has 110 valence electrons. The van der Waals surface area contributed by atoms with Gasteiger partial charge in [-0.1, -0.05) is 25.8 Å². The first-order valence-electron chi connectivity index (χ1n) is 8.10. The first-order chi connectivity index (χ1) is 9.70. The molecular formula is C18H27NO. The van der Waals surface area contributed by atoms with Gasteiger partial charge >= 0.3 is 0 Å². The van der Waals surface area contributed by atoms with E-state index in [1.165, 1.54) is 56.1 Å². The molecule has 1 unspecified atom stereocenters. The minimum Gasteiger partial charge on any atom is -0.497 e. The summed E-state index contributed by atoms with van der Waals surface area (Å²) in [5.74, 6) is 0.990. The second-order valence-corrected chi connectivity index (χ2v) is 6.91. The molecule has 1 aromatic carbocycles. The van der Waals surface area contributed by atoms with Crippen LogP contribution in [0.5, 0.6) is 5.75 Å². The van der Waals surface area contributed by atoms with Crippen LogP contribution in [0.1, 0.15) is 62.6 Å². The zero-order valence-corrected chi connectivity index (χ0v) is 12.9. The minimum atomic E-state index is 0.520. The Morgan fingerprint density at radius 2 is 2.05 bits per heavy atom. The number of methoxy groups -OCH3 is 1. The number of nitrogens with one attached hydrogen (secondary N) is 1. The van der Waals surface area contributed by atoms with Gasteiger partial charge in [0, 0.05) is 12.6 Å². The Labute approximate surface area is 122 Å². The van der Waals surface area contributed by atoms with Gasteiger partial charge < -0.3 is 10.1 Å². The lowest BCUT2D eigenvalue weighted by molar-refractivity contribution is 0.288. The molecule has 0 bridgehead atoms. The van der Waals surface area contributed by atoms with Crippen molar-refractivity contribution in [2.45, 2.75) is 57.9 Å². The zero-order valence-electron chi connectivity index (χ0n) is 12.9. The van der Waals surface area contributed by atoms with Crippen LogP contribution in [-0.2, 0) is 6.42 Å². The van der Waals surface area contributed by atoms with Gasteiger partial charge in [-0.15, -0.1) is 0 Å². The van der Waals surface area contributed by atoms with Crippen molar-refractivity contribution in [2.24, 2.45) is 5.41 Å². The summed E-state index contributed by atoms with van der Waals surface area (Å²) in [6.07, 6.45) is 9.37. The van der Waals surface area contributed by atoms with Crippen molar-refractivity contribution < 1.29 is 4.74 Å². The molecule has 0 saturated heterocycles. The molecule has 2 heteroatoms. The van der Waals surface area contributed by atoms with Crippen molar-refractivity contribution in [3.8, 4) is 5.75 Å². The monoisotopic (exact) mass is 273 g/mol. The van der Waals surface area contributed by atoms with Gasteiger partial charge in [-0.05, 0) is 60.8 Å². The first kappa shape index (κ1) is 13.9. The quantitative estimate of drug-likeness (QED) is 0.886. The van der Waals surface area contributed by atoms with E-state index < -0.39 is 0 Å². The van der Waals surface area contributed by atoms with Gasteiger partial charge in [0.1, 0.15) is 5.75 Å². The van der Waals surface area contributed by atoms with E-state index in [9.17, 15) is 0 Å². The highest BCUT2D eigenvalue weighted by atomic mass is 16.5. The second-order valence-electron chi connectivity index (χ2n) is 6.91. The molecular weight excluding hydrogens is 246 g/mol. The maximum Gasteiger partial charge on any atom is 0.119 e. The third kappa shape index (κ3) is 2.85. The number of aryl methyl sites for hydroxylation is 1. The summed E-state index contributed by atoms with van der Waals surface area (Å²) >= 11 is 0. The Balaban J connectivity index is 1.72. The topological polar surface area (TPSA) is 21.3 Å². The fourth-order valence-electron chi connectivity index (χ4n) is 3.89. The molecule has 0 radical (unpaired) electrons. The summed E-state index contributed by atoms with van der Waals surface area (Å²) in [7, 11) is 1.76. The highest BCUT2D eigenvalue weighted by Crippen LogP contribution is 2.38.